The predicted octanol–water partition coefficient (Wildman–Crippen LogP) is 2.49. The Kier molecular flexibility index (Phi) is 5.25. The van der Waals surface area contributed by atoms with Crippen molar-refractivity contribution in [3.8, 4) is 0 Å². The van der Waals surface area contributed by atoms with Crippen molar-refractivity contribution in [3.63, 3.8) is 0 Å². The van der Waals surface area contributed by atoms with Crippen LogP contribution in [0.15, 0.2) is 34.8 Å². The summed E-state index contributed by atoms with van der Waals surface area (Å²) in [6.45, 7) is 0.475. The van der Waals surface area contributed by atoms with E-state index in [0.29, 0.717) is 12.3 Å². The van der Waals surface area contributed by atoms with E-state index in [0.717, 1.165) is 15.8 Å². The van der Waals surface area contributed by atoms with Gasteiger partial charge in [-0.1, -0.05) is 28.1 Å². The average molecular weight is 356 g/mol. The van der Waals surface area contributed by atoms with Gasteiger partial charge in [0.25, 0.3) is 0 Å². The summed E-state index contributed by atoms with van der Waals surface area (Å²) in [4.78, 5) is 24.7. The third kappa shape index (κ3) is 3.86. The topological polar surface area (TPSA) is 57.6 Å². The van der Waals surface area contributed by atoms with Crippen LogP contribution in [-0.2, 0) is 9.59 Å². The number of nitrogens with zero attached hydrogens (tertiary/aromatic N) is 1. The number of carbonyl (C=O) groups excluding carboxylic acids is 1. The van der Waals surface area contributed by atoms with E-state index in [4.69, 9.17) is 5.11 Å². The molecule has 1 amide bonds. The van der Waals surface area contributed by atoms with Crippen molar-refractivity contribution < 1.29 is 14.7 Å². The minimum Gasteiger partial charge on any atom is -0.480 e. The molecule has 1 N–H and O–H groups in total. The minimum absolute atomic E-state index is 0.252. The van der Waals surface area contributed by atoms with E-state index < -0.39 is 12.0 Å². The molecule has 1 saturated heterocycles. The van der Waals surface area contributed by atoms with Crippen molar-refractivity contribution in [2.24, 2.45) is 0 Å². The Morgan fingerprint density at radius 3 is 2.95 bits per heavy atom. The minimum atomic E-state index is -0.943. The third-order valence-corrected chi connectivity index (χ3v) is 4.48. The number of rotatable bonds is 3. The van der Waals surface area contributed by atoms with Crippen LogP contribution in [0.5, 0.6) is 0 Å². The number of aliphatic carboxylic acids is 1. The second kappa shape index (κ2) is 6.95. The Morgan fingerprint density at radius 1 is 1.45 bits per heavy atom. The zero-order valence-corrected chi connectivity index (χ0v) is 13.1. The Bertz CT molecular complexity index is 547. The lowest BCUT2D eigenvalue weighted by Gasteiger charge is -2.31. The molecule has 0 bridgehead atoms. The number of halogens is 1. The molecule has 1 unspecified atom stereocenters. The molecular weight excluding hydrogens is 342 g/mol. The number of carboxylic acids is 1. The van der Waals surface area contributed by atoms with Gasteiger partial charge in [-0.15, -0.1) is 0 Å². The van der Waals surface area contributed by atoms with Gasteiger partial charge in [-0.25, -0.2) is 4.79 Å². The largest absolute Gasteiger partial charge is 0.480 e. The van der Waals surface area contributed by atoms with Crippen LogP contribution in [0.25, 0.3) is 6.08 Å². The van der Waals surface area contributed by atoms with Gasteiger partial charge in [-0.05, 0) is 23.8 Å². The van der Waals surface area contributed by atoms with E-state index in [2.05, 4.69) is 15.9 Å². The molecule has 106 valence electrons. The fourth-order valence-corrected chi connectivity index (χ4v) is 3.40. The number of amides is 1. The first-order valence-corrected chi connectivity index (χ1v) is 8.07. The summed E-state index contributed by atoms with van der Waals surface area (Å²) in [5.74, 6) is 0.0329. The summed E-state index contributed by atoms with van der Waals surface area (Å²) < 4.78 is 0.935. The molecule has 0 spiro atoms. The van der Waals surface area contributed by atoms with Crippen LogP contribution in [0.4, 0.5) is 0 Å². The molecule has 1 aromatic rings. The van der Waals surface area contributed by atoms with Gasteiger partial charge in [-0.3, -0.25) is 4.79 Å². The summed E-state index contributed by atoms with van der Waals surface area (Å²) in [6.07, 6.45) is 3.14. The molecule has 1 fully saturated rings. The molecule has 1 aromatic carbocycles. The van der Waals surface area contributed by atoms with Crippen molar-refractivity contribution in [1.82, 2.24) is 4.90 Å². The zero-order valence-electron chi connectivity index (χ0n) is 10.7. The van der Waals surface area contributed by atoms with Gasteiger partial charge >= 0.3 is 5.97 Å². The molecule has 0 aromatic heterocycles. The molecule has 1 aliphatic heterocycles. The third-order valence-electron chi connectivity index (χ3n) is 2.96. The van der Waals surface area contributed by atoms with Crippen LogP contribution >= 0.6 is 27.7 Å². The van der Waals surface area contributed by atoms with Crippen LogP contribution in [0.3, 0.4) is 0 Å². The first-order chi connectivity index (χ1) is 9.58. The van der Waals surface area contributed by atoms with Crippen molar-refractivity contribution in [2.75, 3.05) is 18.1 Å². The Labute approximate surface area is 130 Å². The average Bonchev–Trinajstić information content (AvgIpc) is 2.45. The van der Waals surface area contributed by atoms with Gasteiger partial charge in [0.15, 0.2) is 0 Å². The maximum atomic E-state index is 12.1. The van der Waals surface area contributed by atoms with E-state index in [1.165, 1.54) is 11.0 Å². The van der Waals surface area contributed by atoms with Crippen LogP contribution in [0.1, 0.15) is 5.56 Å². The van der Waals surface area contributed by atoms with Gasteiger partial charge in [-0.2, -0.15) is 11.8 Å². The fourth-order valence-electron chi connectivity index (χ4n) is 1.95. The highest BCUT2D eigenvalue weighted by Crippen LogP contribution is 2.18. The van der Waals surface area contributed by atoms with E-state index >= 15 is 0 Å². The van der Waals surface area contributed by atoms with Crippen molar-refractivity contribution in [2.45, 2.75) is 6.04 Å². The highest BCUT2D eigenvalue weighted by atomic mass is 79.9. The lowest BCUT2D eigenvalue weighted by Crippen LogP contribution is -2.49. The molecule has 4 nitrogen and oxygen atoms in total. The van der Waals surface area contributed by atoms with Crippen LogP contribution in [-0.4, -0.2) is 46.0 Å². The lowest BCUT2D eigenvalue weighted by molar-refractivity contribution is -0.147. The van der Waals surface area contributed by atoms with Gasteiger partial charge < -0.3 is 10.0 Å². The molecule has 20 heavy (non-hydrogen) atoms. The zero-order chi connectivity index (χ0) is 14.5. The summed E-state index contributed by atoms with van der Waals surface area (Å²) in [7, 11) is 0. The lowest BCUT2D eigenvalue weighted by atomic mass is 10.2. The first-order valence-electron chi connectivity index (χ1n) is 6.13. The number of hydrogen-bond acceptors (Lipinski definition) is 3. The number of carbonyl (C=O) groups is 2. The maximum Gasteiger partial charge on any atom is 0.327 e. The fraction of sp³-hybridized carbons (Fsp3) is 0.286. The molecule has 1 aliphatic rings. The SMILES string of the molecule is O=C(O)C1CSCCN1C(=O)/C=C/c1cccc(Br)c1. The Balaban J connectivity index is 2.08. The molecule has 0 radical (unpaired) electrons. The standard InChI is InChI=1S/C14H14BrNO3S/c15-11-3-1-2-10(8-11)4-5-13(17)16-6-7-20-9-12(16)14(18)19/h1-5,8,12H,6-7,9H2,(H,18,19)/b5-4+. The quantitative estimate of drug-likeness (QED) is 0.846. The predicted molar refractivity (Wildman–Crippen MR) is 83.6 cm³/mol. The number of benzene rings is 1. The highest BCUT2D eigenvalue weighted by molar-refractivity contribution is 9.10. The van der Waals surface area contributed by atoms with Crippen molar-refractivity contribution >= 4 is 45.6 Å². The molecule has 0 aliphatic carbocycles. The normalized spacial score (nSPS) is 19.2. The van der Waals surface area contributed by atoms with Gasteiger partial charge in [0.05, 0.1) is 0 Å². The van der Waals surface area contributed by atoms with Crippen molar-refractivity contribution in [3.05, 3.63) is 40.4 Å². The molecule has 2 rings (SSSR count). The molecule has 6 heteroatoms. The molecule has 1 heterocycles. The number of hydrogen-bond donors (Lipinski definition) is 1. The Hall–Kier alpha value is -1.27. The molecule has 1 atom stereocenters. The van der Waals surface area contributed by atoms with E-state index in [1.54, 1.807) is 17.8 Å². The number of carboxylic acid groups (broad SMARTS) is 1. The van der Waals surface area contributed by atoms with E-state index in [-0.39, 0.29) is 5.91 Å². The summed E-state index contributed by atoms with van der Waals surface area (Å²) >= 11 is 4.93. The second-order valence-corrected chi connectivity index (χ2v) is 6.41. The van der Waals surface area contributed by atoms with E-state index in [9.17, 15) is 9.59 Å². The molecular formula is C14H14BrNO3S. The summed E-state index contributed by atoms with van der Waals surface area (Å²) in [6, 6.07) is 6.83. The van der Waals surface area contributed by atoms with Crippen LogP contribution in [0.2, 0.25) is 0 Å². The summed E-state index contributed by atoms with van der Waals surface area (Å²) in [5.41, 5.74) is 0.894. The monoisotopic (exact) mass is 355 g/mol. The van der Waals surface area contributed by atoms with E-state index in [1.807, 2.05) is 24.3 Å². The first kappa shape index (κ1) is 15.1. The Morgan fingerprint density at radius 2 is 2.25 bits per heavy atom. The smallest absolute Gasteiger partial charge is 0.327 e. The molecule has 0 saturated carbocycles. The summed E-state index contributed by atoms with van der Waals surface area (Å²) in [5, 5.41) is 9.14. The maximum absolute atomic E-state index is 12.1. The number of thioether (sulfide) groups is 1. The van der Waals surface area contributed by atoms with Gasteiger partial charge in [0, 0.05) is 28.6 Å². The van der Waals surface area contributed by atoms with Crippen LogP contribution < -0.4 is 0 Å². The van der Waals surface area contributed by atoms with Gasteiger partial charge in [0.2, 0.25) is 5.91 Å². The second-order valence-electron chi connectivity index (χ2n) is 4.35. The highest BCUT2D eigenvalue weighted by Gasteiger charge is 2.31. The van der Waals surface area contributed by atoms with Gasteiger partial charge in [0.1, 0.15) is 6.04 Å². The van der Waals surface area contributed by atoms with Crippen LogP contribution in [0, 0.1) is 0 Å². The van der Waals surface area contributed by atoms with Crippen molar-refractivity contribution in [1.29, 1.82) is 0 Å².